The lowest BCUT2D eigenvalue weighted by molar-refractivity contribution is -0.133. The summed E-state index contributed by atoms with van der Waals surface area (Å²) in [6.45, 7) is 4.16. The van der Waals surface area contributed by atoms with Crippen LogP contribution >= 0.6 is 11.8 Å². The van der Waals surface area contributed by atoms with E-state index in [4.69, 9.17) is 14.6 Å². The summed E-state index contributed by atoms with van der Waals surface area (Å²) in [5.41, 5.74) is 0. The fourth-order valence-electron chi connectivity index (χ4n) is 1.37. The van der Waals surface area contributed by atoms with Crippen molar-refractivity contribution in [1.29, 1.82) is 0 Å². The Kier molecular flexibility index (Phi) is 7.46. The van der Waals surface area contributed by atoms with Gasteiger partial charge >= 0.3 is 5.97 Å². The SMILES string of the molecule is CCCOCc1nnc(SCC(=O)O)n1CCOC. The van der Waals surface area contributed by atoms with E-state index in [1.54, 1.807) is 7.11 Å². The highest BCUT2D eigenvalue weighted by Crippen LogP contribution is 2.17. The summed E-state index contributed by atoms with van der Waals surface area (Å²) in [4.78, 5) is 10.6. The van der Waals surface area contributed by atoms with Crippen molar-refractivity contribution in [3.63, 3.8) is 0 Å². The first-order valence-electron chi connectivity index (χ1n) is 6.02. The Morgan fingerprint density at radius 1 is 1.42 bits per heavy atom. The average molecular weight is 289 g/mol. The number of thioether (sulfide) groups is 1. The predicted octanol–water partition coefficient (Wildman–Crippen LogP) is 1.03. The molecule has 1 N–H and O–H groups in total. The quantitative estimate of drug-likeness (QED) is 0.508. The van der Waals surface area contributed by atoms with Crippen LogP contribution in [0, 0.1) is 0 Å². The van der Waals surface area contributed by atoms with E-state index in [9.17, 15) is 4.79 Å². The zero-order valence-corrected chi connectivity index (χ0v) is 12.0. The van der Waals surface area contributed by atoms with Crippen LogP contribution in [0.2, 0.25) is 0 Å². The lowest BCUT2D eigenvalue weighted by Crippen LogP contribution is -2.11. The van der Waals surface area contributed by atoms with Gasteiger partial charge in [-0.2, -0.15) is 0 Å². The van der Waals surface area contributed by atoms with Crippen LogP contribution in [0.4, 0.5) is 0 Å². The summed E-state index contributed by atoms with van der Waals surface area (Å²) < 4.78 is 12.3. The van der Waals surface area contributed by atoms with E-state index in [0.717, 1.165) is 18.2 Å². The maximum Gasteiger partial charge on any atom is 0.313 e. The molecule has 0 aromatic carbocycles. The number of aliphatic carboxylic acids is 1. The molecule has 0 fully saturated rings. The molecular formula is C11H19N3O4S. The Hall–Kier alpha value is -1.12. The van der Waals surface area contributed by atoms with Crippen molar-refractivity contribution in [2.24, 2.45) is 0 Å². The Labute approximate surface area is 116 Å². The molecule has 0 bridgehead atoms. The zero-order valence-electron chi connectivity index (χ0n) is 11.2. The first-order chi connectivity index (χ1) is 9.19. The number of carboxylic acid groups (broad SMARTS) is 1. The van der Waals surface area contributed by atoms with Crippen LogP contribution in [0.25, 0.3) is 0 Å². The highest BCUT2D eigenvalue weighted by Gasteiger charge is 2.13. The molecule has 0 atom stereocenters. The third kappa shape index (κ3) is 5.58. The molecule has 7 nitrogen and oxygen atoms in total. The van der Waals surface area contributed by atoms with Gasteiger partial charge in [0.1, 0.15) is 6.61 Å². The molecule has 0 amide bonds. The highest BCUT2D eigenvalue weighted by molar-refractivity contribution is 7.99. The number of carbonyl (C=O) groups is 1. The summed E-state index contributed by atoms with van der Waals surface area (Å²) >= 11 is 1.14. The molecule has 1 aromatic heterocycles. The van der Waals surface area contributed by atoms with Gasteiger partial charge in [-0.1, -0.05) is 18.7 Å². The number of hydrogen-bond donors (Lipinski definition) is 1. The van der Waals surface area contributed by atoms with Crippen LogP contribution in [0.15, 0.2) is 5.16 Å². The van der Waals surface area contributed by atoms with Gasteiger partial charge in [0, 0.05) is 20.3 Å². The van der Waals surface area contributed by atoms with Crippen molar-refractivity contribution in [3.05, 3.63) is 5.82 Å². The van der Waals surface area contributed by atoms with Gasteiger partial charge in [-0.25, -0.2) is 0 Å². The van der Waals surface area contributed by atoms with Crippen molar-refractivity contribution in [2.75, 3.05) is 26.1 Å². The van der Waals surface area contributed by atoms with Crippen LogP contribution < -0.4 is 0 Å². The van der Waals surface area contributed by atoms with Gasteiger partial charge in [-0.3, -0.25) is 4.79 Å². The summed E-state index contributed by atoms with van der Waals surface area (Å²) in [6.07, 6.45) is 0.937. The molecule has 0 aliphatic carbocycles. The van der Waals surface area contributed by atoms with Crippen LogP contribution in [0.5, 0.6) is 0 Å². The van der Waals surface area contributed by atoms with Crippen LogP contribution in [0.3, 0.4) is 0 Å². The first kappa shape index (κ1) is 15.9. The third-order valence-corrected chi connectivity index (χ3v) is 3.17. The lowest BCUT2D eigenvalue weighted by Gasteiger charge is -2.09. The van der Waals surface area contributed by atoms with Gasteiger partial charge in [0.15, 0.2) is 11.0 Å². The second-order valence-corrected chi connectivity index (χ2v) is 4.72. The van der Waals surface area contributed by atoms with Crippen molar-refractivity contribution < 1.29 is 19.4 Å². The van der Waals surface area contributed by atoms with Crippen LogP contribution in [-0.4, -0.2) is 51.9 Å². The van der Waals surface area contributed by atoms with Crippen molar-refractivity contribution in [1.82, 2.24) is 14.8 Å². The molecule has 0 aliphatic rings. The van der Waals surface area contributed by atoms with E-state index >= 15 is 0 Å². The van der Waals surface area contributed by atoms with E-state index < -0.39 is 5.97 Å². The van der Waals surface area contributed by atoms with Gasteiger partial charge in [0.2, 0.25) is 0 Å². The number of methoxy groups -OCH3 is 1. The largest absolute Gasteiger partial charge is 0.481 e. The topological polar surface area (TPSA) is 86.5 Å². The van der Waals surface area contributed by atoms with Crippen molar-refractivity contribution in [3.8, 4) is 0 Å². The van der Waals surface area contributed by atoms with Crippen LogP contribution in [0.1, 0.15) is 19.2 Å². The minimum atomic E-state index is -0.880. The number of ether oxygens (including phenoxy) is 2. The fourth-order valence-corrected chi connectivity index (χ4v) is 2.08. The van der Waals surface area contributed by atoms with Gasteiger partial charge in [-0.15, -0.1) is 10.2 Å². The van der Waals surface area contributed by atoms with Gasteiger partial charge in [0.05, 0.1) is 12.4 Å². The fraction of sp³-hybridized carbons (Fsp3) is 0.727. The van der Waals surface area contributed by atoms with E-state index in [1.807, 2.05) is 11.5 Å². The van der Waals surface area contributed by atoms with Crippen molar-refractivity contribution in [2.45, 2.75) is 31.7 Å². The van der Waals surface area contributed by atoms with Gasteiger partial charge in [-0.05, 0) is 6.42 Å². The maximum atomic E-state index is 10.6. The number of rotatable bonds is 10. The molecule has 0 aliphatic heterocycles. The van der Waals surface area contributed by atoms with Gasteiger partial charge in [0.25, 0.3) is 0 Å². The van der Waals surface area contributed by atoms with E-state index in [1.165, 1.54) is 0 Å². The molecule has 0 spiro atoms. The highest BCUT2D eigenvalue weighted by atomic mass is 32.2. The Bertz CT molecular complexity index is 397. The molecule has 108 valence electrons. The smallest absolute Gasteiger partial charge is 0.313 e. The average Bonchev–Trinajstić information content (AvgIpc) is 2.76. The molecule has 1 aromatic rings. The molecule has 19 heavy (non-hydrogen) atoms. The second kappa shape index (κ2) is 8.89. The molecule has 1 heterocycles. The Balaban J connectivity index is 2.69. The molecule has 1 rings (SSSR count). The predicted molar refractivity (Wildman–Crippen MR) is 70.2 cm³/mol. The second-order valence-electron chi connectivity index (χ2n) is 3.78. The maximum absolute atomic E-state index is 10.6. The minimum absolute atomic E-state index is 0.0407. The monoisotopic (exact) mass is 289 g/mol. The number of aromatic nitrogens is 3. The summed E-state index contributed by atoms with van der Waals surface area (Å²) in [6, 6.07) is 0. The van der Waals surface area contributed by atoms with Crippen LogP contribution in [-0.2, 0) is 27.4 Å². The third-order valence-electron chi connectivity index (χ3n) is 2.22. The molecule has 0 saturated carbocycles. The number of carboxylic acids is 1. The minimum Gasteiger partial charge on any atom is -0.481 e. The lowest BCUT2D eigenvalue weighted by atomic mass is 10.5. The molecule has 0 saturated heterocycles. The summed E-state index contributed by atoms with van der Waals surface area (Å²) in [5.74, 6) is -0.227. The Morgan fingerprint density at radius 2 is 2.21 bits per heavy atom. The van der Waals surface area contributed by atoms with E-state index in [-0.39, 0.29) is 5.75 Å². The summed E-state index contributed by atoms with van der Waals surface area (Å²) in [5, 5.41) is 17.3. The van der Waals surface area contributed by atoms with Gasteiger partial charge < -0.3 is 19.1 Å². The molecule has 0 unspecified atom stereocenters. The Morgan fingerprint density at radius 3 is 2.84 bits per heavy atom. The number of nitrogens with zero attached hydrogens (tertiary/aromatic N) is 3. The standard InChI is InChI=1S/C11H19N3O4S/c1-3-5-18-7-9-12-13-11(19-8-10(15)16)14(9)4-6-17-2/h3-8H2,1-2H3,(H,15,16). The normalized spacial score (nSPS) is 10.8. The van der Waals surface area contributed by atoms with E-state index in [0.29, 0.717) is 37.3 Å². The zero-order chi connectivity index (χ0) is 14.1. The molecular weight excluding hydrogens is 270 g/mol. The van der Waals surface area contributed by atoms with E-state index in [2.05, 4.69) is 10.2 Å². The van der Waals surface area contributed by atoms with Crippen molar-refractivity contribution >= 4 is 17.7 Å². The molecule has 8 heteroatoms. The molecule has 0 radical (unpaired) electrons. The first-order valence-corrected chi connectivity index (χ1v) is 7.01. The summed E-state index contributed by atoms with van der Waals surface area (Å²) in [7, 11) is 1.61. The number of hydrogen-bond acceptors (Lipinski definition) is 6.